The molecule has 0 amide bonds. The van der Waals surface area contributed by atoms with Crippen LogP contribution in [0, 0.1) is 5.92 Å². The van der Waals surface area contributed by atoms with E-state index in [-0.39, 0.29) is 11.4 Å². The van der Waals surface area contributed by atoms with Gasteiger partial charge in [0.25, 0.3) is 0 Å². The van der Waals surface area contributed by atoms with E-state index < -0.39 is 5.97 Å². The minimum Gasteiger partial charge on any atom is -0.465 e. The van der Waals surface area contributed by atoms with Gasteiger partial charge in [-0.25, -0.2) is 4.79 Å². The van der Waals surface area contributed by atoms with Crippen LogP contribution in [-0.2, 0) is 14.3 Å². The summed E-state index contributed by atoms with van der Waals surface area (Å²) in [5.74, 6) is -0.234. The van der Waals surface area contributed by atoms with Crippen molar-refractivity contribution in [2.24, 2.45) is 5.92 Å². The Morgan fingerprint density at radius 3 is 2.35 bits per heavy atom. The van der Waals surface area contributed by atoms with Gasteiger partial charge in [0.1, 0.15) is 5.57 Å². The van der Waals surface area contributed by atoms with Crippen molar-refractivity contribution in [2.45, 2.75) is 39.0 Å². The highest BCUT2D eigenvalue weighted by Gasteiger charge is 2.13. The van der Waals surface area contributed by atoms with Crippen molar-refractivity contribution < 1.29 is 14.3 Å². The third-order valence-corrected chi connectivity index (χ3v) is 3.08. The van der Waals surface area contributed by atoms with E-state index in [2.05, 4.69) is 10.8 Å². The van der Waals surface area contributed by atoms with Gasteiger partial charge in [-0.2, -0.15) is 0 Å². The van der Waals surface area contributed by atoms with Crippen molar-refractivity contribution in [3.05, 3.63) is 23.8 Å². The first-order chi connectivity index (χ1) is 8.15. The summed E-state index contributed by atoms with van der Waals surface area (Å²) in [5, 5.41) is 0. The molecule has 1 fully saturated rings. The number of carbonyl (C=O) groups excluding carboxylic acids is 2. The van der Waals surface area contributed by atoms with E-state index in [9.17, 15) is 9.59 Å². The molecule has 0 aromatic rings. The van der Waals surface area contributed by atoms with E-state index in [1.54, 1.807) is 6.08 Å². The zero-order chi connectivity index (χ0) is 12.7. The summed E-state index contributed by atoms with van der Waals surface area (Å²) in [4.78, 5) is 22.5. The molecule has 0 aromatic heterocycles. The molecule has 0 N–H and O–H groups in total. The minimum absolute atomic E-state index is 0.111. The summed E-state index contributed by atoms with van der Waals surface area (Å²) in [6.45, 7) is 1.37. The molecule has 3 nitrogen and oxygen atoms in total. The third-order valence-electron chi connectivity index (χ3n) is 3.08. The molecule has 0 saturated heterocycles. The molecule has 0 aromatic carbocycles. The Bertz CT molecular complexity index is 333. The average Bonchev–Trinajstić information content (AvgIpc) is 2.34. The lowest BCUT2D eigenvalue weighted by Gasteiger charge is -2.17. The van der Waals surface area contributed by atoms with Crippen molar-refractivity contribution in [3.8, 4) is 0 Å². The van der Waals surface area contributed by atoms with Crippen LogP contribution in [0.25, 0.3) is 0 Å². The number of allylic oxidation sites excluding steroid dienone is 3. The summed E-state index contributed by atoms with van der Waals surface area (Å²) in [6, 6.07) is 0. The van der Waals surface area contributed by atoms with E-state index >= 15 is 0 Å². The molecular formula is C14H20O3. The molecule has 1 aliphatic carbocycles. The van der Waals surface area contributed by atoms with E-state index in [1.165, 1.54) is 46.1 Å². The van der Waals surface area contributed by atoms with Crippen LogP contribution >= 0.6 is 0 Å². The van der Waals surface area contributed by atoms with Gasteiger partial charge in [0.15, 0.2) is 5.78 Å². The number of ether oxygens (including phenoxy) is 1. The largest absolute Gasteiger partial charge is 0.465 e. The summed E-state index contributed by atoms with van der Waals surface area (Å²) >= 11 is 0. The predicted molar refractivity (Wildman–Crippen MR) is 66.5 cm³/mol. The quantitative estimate of drug-likeness (QED) is 0.248. The van der Waals surface area contributed by atoms with Crippen LogP contribution in [0.3, 0.4) is 0 Å². The number of methoxy groups -OCH3 is 1. The van der Waals surface area contributed by atoms with Gasteiger partial charge in [-0.15, -0.1) is 0 Å². The van der Waals surface area contributed by atoms with E-state index in [0.717, 1.165) is 0 Å². The van der Waals surface area contributed by atoms with Crippen LogP contribution in [0.4, 0.5) is 0 Å². The average molecular weight is 236 g/mol. The fourth-order valence-electron chi connectivity index (χ4n) is 2.07. The lowest BCUT2D eigenvalue weighted by Crippen LogP contribution is -2.11. The van der Waals surface area contributed by atoms with Crippen LogP contribution in [0.2, 0.25) is 0 Å². The number of esters is 1. The normalized spacial score (nSPS) is 18.4. The molecule has 1 rings (SSSR count). The molecule has 0 heterocycles. The highest BCUT2D eigenvalue weighted by atomic mass is 16.5. The van der Waals surface area contributed by atoms with Crippen molar-refractivity contribution in [1.82, 2.24) is 0 Å². The second-order valence-electron chi connectivity index (χ2n) is 4.41. The highest BCUT2D eigenvalue weighted by Crippen LogP contribution is 2.24. The summed E-state index contributed by atoms with van der Waals surface area (Å²) in [5.41, 5.74) is 0.111. The molecule has 1 aliphatic rings. The minimum atomic E-state index is -0.564. The second kappa shape index (κ2) is 7.05. The molecule has 1 saturated carbocycles. The zero-order valence-corrected chi connectivity index (χ0v) is 10.6. The molecule has 94 valence electrons. The third kappa shape index (κ3) is 4.55. The molecule has 0 unspecified atom stereocenters. The molecule has 0 spiro atoms. The molecule has 17 heavy (non-hydrogen) atoms. The monoisotopic (exact) mass is 236 g/mol. The lowest BCUT2D eigenvalue weighted by molar-refractivity contribution is -0.137. The second-order valence-corrected chi connectivity index (χ2v) is 4.41. The van der Waals surface area contributed by atoms with Crippen LogP contribution in [0.15, 0.2) is 23.8 Å². The highest BCUT2D eigenvalue weighted by molar-refractivity contribution is 6.16. The van der Waals surface area contributed by atoms with Crippen LogP contribution in [0.1, 0.15) is 39.0 Å². The van der Waals surface area contributed by atoms with Gasteiger partial charge < -0.3 is 4.74 Å². The van der Waals surface area contributed by atoms with Crippen LogP contribution in [-0.4, -0.2) is 18.9 Å². The lowest BCUT2D eigenvalue weighted by atomic mass is 9.89. The first kappa shape index (κ1) is 13.7. The van der Waals surface area contributed by atoms with Crippen molar-refractivity contribution >= 4 is 11.8 Å². The van der Waals surface area contributed by atoms with Gasteiger partial charge in [-0.3, -0.25) is 4.79 Å². The Balaban J connectivity index is 2.61. The van der Waals surface area contributed by atoms with E-state index in [4.69, 9.17) is 0 Å². The van der Waals surface area contributed by atoms with Gasteiger partial charge in [0.2, 0.25) is 0 Å². The molecular weight excluding hydrogens is 216 g/mol. The maximum atomic E-state index is 11.3. The number of hydrogen-bond acceptors (Lipinski definition) is 3. The van der Waals surface area contributed by atoms with Gasteiger partial charge in [-0.1, -0.05) is 31.4 Å². The number of carbonyl (C=O) groups is 2. The fraction of sp³-hybridized carbons (Fsp3) is 0.571. The van der Waals surface area contributed by atoms with Gasteiger partial charge >= 0.3 is 5.97 Å². The number of rotatable bonds is 4. The number of ketones is 1. The van der Waals surface area contributed by atoms with Crippen LogP contribution < -0.4 is 0 Å². The summed E-state index contributed by atoms with van der Waals surface area (Å²) in [6.07, 6.45) is 11.7. The van der Waals surface area contributed by atoms with Gasteiger partial charge in [0, 0.05) is 0 Å². The fourth-order valence-corrected chi connectivity index (χ4v) is 2.07. The summed E-state index contributed by atoms with van der Waals surface area (Å²) in [7, 11) is 1.28. The van der Waals surface area contributed by atoms with Gasteiger partial charge in [0.05, 0.1) is 7.11 Å². The van der Waals surface area contributed by atoms with Crippen molar-refractivity contribution in [1.29, 1.82) is 0 Å². The Kier molecular flexibility index (Phi) is 5.67. The smallest absolute Gasteiger partial charge is 0.341 e. The maximum absolute atomic E-state index is 11.3. The first-order valence-corrected chi connectivity index (χ1v) is 6.13. The van der Waals surface area contributed by atoms with Crippen LogP contribution in [0.5, 0.6) is 0 Å². The van der Waals surface area contributed by atoms with Crippen molar-refractivity contribution in [3.63, 3.8) is 0 Å². The maximum Gasteiger partial charge on any atom is 0.341 e. The standard InChI is InChI=1S/C14H20O3/c1-11(15)13(14(16)17-2)10-6-9-12-7-4-3-5-8-12/h6,9-10,12H,3-5,7-8H2,1-2H3/b9-6+,13-10-. The Morgan fingerprint density at radius 2 is 1.82 bits per heavy atom. The topological polar surface area (TPSA) is 43.4 Å². The molecule has 0 bridgehead atoms. The van der Waals surface area contributed by atoms with E-state index in [0.29, 0.717) is 5.92 Å². The molecule has 3 heteroatoms. The first-order valence-electron chi connectivity index (χ1n) is 6.13. The molecule has 0 atom stereocenters. The molecule has 0 radical (unpaired) electrons. The van der Waals surface area contributed by atoms with E-state index in [1.807, 2.05) is 6.08 Å². The predicted octanol–water partition coefficient (Wildman–Crippen LogP) is 2.81. The zero-order valence-electron chi connectivity index (χ0n) is 10.6. The SMILES string of the molecule is COC(=O)/C(=C\C=C\C1CCCCC1)C(C)=O. The summed E-state index contributed by atoms with van der Waals surface area (Å²) < 4.78 is 4.55. The van der Waals surface area contributed by atoms with Crippen molar-refractivity contribution in [2.75, 3.05) is 7.11 Å². The van der Waals surface area contributed by atoms with Gasteiger partial charge in [-0.05, 0) is 31.8 Å². The number of hydrogen-bond donors (Lipinski definition) is 0. The Morgan fingerprint density at radius 1 is 1.18 bits per heavy atom. The Hall–Kier alpha value is -1.38. The number of Topliss-reactive ketones (excluding diaryl/α,β-unsaturated/α-hetero) is 1. The molecule has 0 aliphatic heterocycles. The Labute approximate surface area is 103 Å².